The van der Waals surface area contributed by atoms with E-state index in [1.54, 1.807) is 0 Å². The first-order valence-electron chi connectivity index (χ1n) is 10.0. The molecule has 1 fully saturated rings. The number of hydrogen-bond donors (Lipinski definition) is 1. The number of amides is 1. The van der Waals surface area contributed by atoms with Crippen molar-refractivity contribution in [2.24, 2.45) is 0 Å². The summed E-state index contributed by atoms with van der Waals surface area (Å²) >= 11 is 0. The number of H-pyrrole nitrogens is 1. The Morgan fingerprint density at radius 3 is 2.96 bits per heavy atom. The van der Waals surface area contributed by atoms with Gasteiger partial charge in [-0.1, -0.05) is 32.4 Å². The maximum atomic E-state index is 13.0. The lowest BCUT2D eigenvalue weighted by atomic mass is 10.0. The van der Waals surface area contributed by atoms with Crippen LogP contribution in [0.3, 0.4) is 0 Å². The molecule has 0 spiro atoms. The molecule has 1 saturated heterocycles. The topological polar surface area (TPSA) is 66.8 Å². The van der Waals surface area contributed by atoms with Gasteiger partial charge >= 0.3 is 0 Å². The van der Waals surface area contributed by atoms with Crippen molar-refractivity contribution < 1.29 is 4.79 Å². The summed E-state index contributed by atoms with van der Waals surface area (Å²) in [6, 6.07) is 10.5. The molecule has 1 aliphatic heterocycles. The van der Waals surface area contributed by atoms with Gasteiger partial charge in [0.2, 0.25) is 0 Å². The highest BCUT2D eigenvalue weighted by molar-refractivity contribution is 5.92. The molecule has 6 heteroatoms. The smallest absolute Gasteiger partial charge is 0.274 e. The fourth-order valence-corrected chi connectivity index (χ4v) is 4.13. The Kier molecular flexibility index (Phi) is 4.97. The second kappa shape index (κ2) is 7.55. The number of aryl methyl sites for hydroxylation is 2. The summed E-state index contributed by atoms with van der Waals surface area (Å²) < 4.78 is 2.35. The van der Waals surface area contributed by atoms with Crippen LogP contribution in [-0.2, 0) is 12.8 Å². The molecule has 1 atom stereocenters. The average molecular weight is 365 g/mol. The molecular weight excluding hydrogens is 338 g/mol. The van der Waals surface area contributed by atoms with E-state index < -0.39 is 0 Å². The van der Waals surface area contributed by atoms with Crippen molar-refractivity contribution in [1.82, 2.24) is 24.6 Å². The van der Waals surface area contributed by atoms with Gasteiger partial charge in [0.15, 0.2) is 0 Å². The summed E-state index contributed by atoms with van der Waals surface area (Å²) in [5, 5.41) is 7.24. The Labute approximate surface area is 159 Å². The Morgan fingerprint density at radius 1 is 1.30 bits per heavy atom. The number of hydrogen-bond acceptors (Lipinski definition) is 3. The van der Waals surface area contributed by atoms with Crippen LogP contribution in [0.4, 0.5) is 0 Å². The summed E-state index contributed by atoms with van der Waals surface area (Å²) in [6.45, 7) is 5.77. The average Bonchev–Trinajstić information content (AvgIpc) is 3.32. The number of aromatic amines is 1. The fourth-order valence-electron chi connectivity index (χ4n) is 4.13. The highest BCUT2D eigenvalue weighted by atomic mass is 16.2. The van der Waals surface area contributed by atoms with Crippen molar-refractivity contribution in [3.05, 3.63) is 47.5 Å². The molecule has 1 N–H and O–H groups in total. The van der Waals surface area contributed by atoms with Gasteiger partial charge in [0.1, 0.15) is 11.5 Å². The van der Waals surface area contributed by atoms with Crippen molar-refractivity contribution >= 4 is 16.9 Å². The van der Waals surface area contributed by atoms with Crippen molar-refractivity contribution in [2.75, 3.05) is 13.1 Å². The summed E-state index contributed by atoms with van der Waals surface area (Å²) in [4.78, 5) is 19.7. The van der Waals surface area contributed by atoms with Crippen LogP contribution in [-0.4, -0.2) is 43.6 Å². The number of aromatic nitrogens is 4. The van der Waals surface area contributed by atoms with Gasteiger partial charge in [0.05, 0.1) is 17.1 Å². The van der Waals surface area contributed by atoms with E-state index in [0.717, 1.165) is 55.7 Å². The Balaban J connectivity index is 1.59. The van der Waals surface area contributed by atoms with Gasteiger partial charge in [0.25, 0.3) is 5.91 Å². The normalized spacial score (nSPS) is 17.6. The van der Waals surface area contributed by atoms with Crippen LogP contribution < -0.4 is 0 Å². The van der Waals surface area contributed by atoms with Gasteiger partial charge in [-0.2, -0.15) is 5.10 Å². The number of rotatable bonds is 5. The first-order chi connectivity index (χ1) is 13.2. The Bertz CT molecular complexity index is 941. The third kappa shape index (κ3) is 3.36. The van der Waals surface area contributed by atoms with Crippen LogP contribution in [0.1, 0.15) is 61.2 Å². The van der Waals surface area contributed by atoms with Gasteiger partial charge in [-0.05, 0) is 37.5 Å². The summed E-state index contributed by atoms with van der Waals surface area (Å²) in [6.07, 6.45) is 4.91. The molecule has 0 radical (unpaired) electrons. The lowest BCUT2D eigenvalue weighted by Crippen LogP contribution is -2.41. The summed E-state index contributed by atoms with van der Waals surface area (Å²) in [5.41, 5.74) is 3.77. The highest BCUT2D eigenvalue weighted by Crippen LogP contribution is 2.29. The summed E-state index contributed by atoms with van der Waals surface area (Å²) in [5.74, 6) is 1.13. The maximum absolute atomic E-state index is 13.0. The summed E-state index contributed by atoms with van der Waals surface area (Å²) in [7, 11) is 0. The van der Waals surface area contributed by atoms with Crippen LogP contribution >= 0.6 is 0 Å². The molecule has 3 heterocycles. The van der Waals surface area contributed by atoms with Crippen LogP contribution in [0.5, 0.6) is 0 Å². The van der Waals surface area contributed by atoms with Gasteiger partial charge < -0.3 is 9.47 Å². The lowest BCUT2D eigenvalue weighted by molar-refractivity contribution is 0.0674. The molecule has 4 rings (SSSR count). The van der Waals surface area contributed by atoms with Crippen molar-refractivity contribution in [1.29, 1.82) is 0 Å². The first kappa shape index (κ1) is 17.8. The van der Waals surface area contributed by atoms with Gasteiger partial charge in [0, 0.05) is 25.2 Å². The molecule has 1 aromatic carbocycles. The zero-order valence-electron chi connectivity index (χ0n) is 16.1. The molecule has 1 unspecified atom stereocenters. The predicted molar refractivity (Wildman–Crippen MR) is 106 cm³/mol. The van der Waals surface area contributed by atoms with E-state index in [0.29, 0.717) is 12.2 Å². The number of carbonyl (C=O) groups excluding carboxylic acids is 1. The van der Waals surface area contributed by atoms with E-state index in [-0.39, 0.29) is 11.9 Å². The fraction of sp³-hybridized carbons (Fsp3) is 0.476. The number of likely N-dealkylation sites (tertiary alicyclic amines) is 1. The molecular formula is C21H27N5O. The Hall–Kier alpha value is -2.63. The van der Waals surface area contributed by atoms with E-state index in [9.17, 15) is 4.79 Å². The molecule has 27 heavy (non-hydrogen) atoms. The molecule has 0 saturated carbocycles. The molecule has 3 aromatic rings. The van der Waals surface area contributed by atoms with Crippen LogP contribution in [0, 0.1) is 0 Å². The number of nitrogens with zero attached hydrogens (tertiary/aromatic N) is 4. The van der Waals surface area contributed by atoms with Crippen LogP contribution in [0.15, 0.2) is 30.3 Å². The minimum Gasteiger partial charge on any atom is -0.335 e. The monoisotopic (exact) mass is 365 g/mol. The molecule has 0 aliphatic carbocycles. The highest BCUT2D eigenvalue weighted by Gasteiger charge is 2.28. The number of piperidine rings is 1. The number of imidazole rings is 1. The second-order valence-corrected chi connectivity index (χ2v) is 7.32. The molecule has 2 aromatic heterocycles. The standard InChI is InChI=1S/C21H27N5O/c1-3-8-15-13-18(24-23-15)21(27)25-12-7-9-16(14-25)26-19-11-6-5-10-17(19)22-20(26)4-2/h5-6,10-11,13,16H,3-4,7-9,12,14H2,1-2H3,(H,23,24). The molecule has 1 amide bonds. The van der Waals surface area contributed by atoms with E-state index in [1.165, 1.54) is 5.52 Å². The van der Waals surface area contributed by atoms with E-state index in [4.69, 9.17) is 4.98 Å². The predicted octanol–water partition coefficient (Wildman–Crippen LogP) is 3.75. The third-order valence-electron chi connectivity index (χ3n) is 5.40. The number of benzene rings is 1. The van der Waals surface area contributed by atoms with Crippen molar-refractivity contribution in [2.45, 2.75) is 52.0 Å². The number of carbonyl (C=O) groups is 1. The third-order valence-corrected chi connectivity index (χ3v) is 5.40. The first-order valence-corrected chi connectivity index (χ1v) is 10.0. The van der Waals surface area contributed by atoms with E-state index in [2.05, 4.69) is 46.8 Å². The minimum absolute atomic E-state index is 0.0285. The van der Waals surface area contributed by atoms with E-state index in [1.807, 2.05) is 17.0 Å². The van der Waals surface area contributed by atoms with E-state index >= 15 is 0 Å². The molecule has 6 nitrogen and oxygen atoms in total. The van der Waals surface area contributed by atoms with Crippen LogP contribution in [0.25, 0.3) is 11.0 Å². The van der Waals surface area contributed by atoms with Crippen LogP contribution in [0.2, 0.25) is 0 Å². The van der Waals surface area contributed by atoms with Gasteiger partial charge in [-0.25, -0.2) is 4.98 Å². The quantitative estimate of drug-likeness (QED) is 0.749. The molecule has 0 bridgehead atoms. The number of fused-ring (bicyclic) bond motifs is 1. The van der Waals surface area contributed by atoms with Gasteiger partial charge in [-0.3, -0.25) is 9.89 Å². The van der Waals surface area contributed by atoms with Crippen molar-refractivity contribution in [3.63, 3.8) is 0 Å². The number of nitrogens with one attached hydrogen (secondary N) is 1. The largest absolute Gasteiger partial charge is 0.335 e. The van der Waals surface area contributed by atoms with Gasteiger partial charge in [-0.15, -0.1) is 0 Å². The molecule has 1 aliphatic rings. The minimum atomic E-state index is 0.0285. The SMILES string of the molecule is CCCc1cc(C(=O)N2CCCC(n3c(CC)nc4ccccc43)C2)n[nH]1. The Morgan fingerprint density at radius 2 is 2.15 bits per heavy atom. The zero-order valence-corrected chi connectivity index (χ0v) is 16.1. The maximum Gasteiger partial charge on any atom is 0.274 e. The second-order valence-electron chi connectivity index (χ2n) is 7.32. The zero-order chi connectivity index (χ0) is 18.8. The lowest BCUT2D eigenvalue weighted by Gasteiger charge is -2.34. The number of para-hydroxylation sites is 2. The molecule has 142 valence electrons. The van der Waals surface area contributed by atoms with Crippen molar-refractivity contribution in [3.8, 4) is 0 Å².